The van der Waals surface area contributed by atoms with Crippen molar-refractivity contribution in [2.24, 2.45) is 5.92 Å². The van der Waals surface area contributed by atoms with Crippen LogP contribution in [0.4, 0.5) is 0 Å². The van der Waals surface area contributed by atoms with Crippen LogP contribution in [0.25, 0.3) is 0 Å². The molecule has 0 aromatic carbocycles. The van der Waals surface area contributed by atoms with Crippen molar-refractivity contribution in [3.63, 3.8) is 0 Å². The molecule has 1 aliphatic rings. The Bertz CT molecular complexity index is 252. The molecule has 1 fully saturated rings. The van der Waals surface area contributed by atoms with Crippen LogP contribution < -0.4 is 10.6 Å². The monoisotopic (exact) mass is 242 g/mol. The summed E-state index contributed by atoms with van der Waals surface area (Å²) in [6.07, 6.45) is 3.60. The molecule has 0 unspecified atom stereocenters. The molecule has 0 aliphatic heterocycles. The van der Waals surface area contributed by atoms with E-state index < -0.39 is 0 Å². The summed E-state index contributed by atoms with van der Waals surface area (Å²) in [6.45, 7) is 4.02. The van der Waals surface area contributed by atoms with Crippen LogP contribution in [0.2, 0.25) is 0 Å². The second-order valence-electron chi connectivity index (χ2n) is 4.33. The second kappa shape index (κ2) is 8.06. The lowest BCUT2D eigenvalue weighted by molar-refractivity contribution is -0.143. The van der Waals surface area contributed by atoms with Crippen LogP contribution in [0.1, 0.15) is 32.6 Å². The first kappa shape index (κ1) is 14.0. The van der Waals surface area contributed by atoms with Gasteiger partial charge in [0.2, 0.25) is 5.91 Å². The summed E-state index contributed by atoms with van der Waals surface area (Å²) < 4.78 is 4.80. The maximum absolute atomic E-state index is 11.3. The lowest BCUT2D eigenvalue weighted by Crippen LogP contribution is -2.35. The van der Waals surface area contributed by atoms with Crippen molar-refractivity contribution in [3.8, 4) is 0 Å². The van der Waals surface area contributed by atoms with Gasteiger partial charge < -0.3 is 15.4 Å². The Labute approximate surface area is 102 Å². The zero-order valence-electron chi connectivity index (χ0n) is 10.5. The van der Waals surface area contributed by atoms with E-state index in [4.69, 9.17) is 4.74 Å². The second-order valence-corrected chi connectivity index (χ2v) is 4.33. The predicted octanol–water partition coefficient (Wildman–Crippen LogP) is 0.445. The molecule has 0 aromatic heterocycles. The van der Waals surface area contributed by atoms with Gasteiger partial charge in [-0.25, -0.2) is 0 Å². The van der Waals surface area contributed by atoms with Gasteiger partial charge in [0, 0.05) is 13.0 Å². The molecule has 1 rings (SSSR count). The molecule has 1 saturated carbocycles. The fourth-order valence-corrected chi connectivity index (χ4v) is 1.44. The van der Waals surface area contributed by atoms with Crippen LogP contribution in [0.15, 0.2) is 0 Å². The summed E-state index contributed by atoms with van der Waals surface area (Å²) >= 11 is 0. The topological polar surface area (TPSA) is 67.4 Å². The van der Waals surface area contributed by atoms with E-state index in [0.717, 1.165) is 6.54 Å². The smallest absolute Gasteiger partial charge is 0.305 e. The largest absolute Gasteiger partial charge is 0.466 e. The number of ether oxygens (including phenoxy) is 1. The lowest BCUT2D eigenvalue weighted by Gasteiger charge is -2.06. The molecule has 5 nitrogen and oxygen atoms in total. The van der Waals surface area contributed by atoms with E-state index in [0.29, 0.717) is 38.5 Å². The number of hydrogen-bond donors (Lipinski definition) is 2. The molecule has 0 heterocycles. The number of rotatable bonds is 9. The Morgan fingerprint density at radius 2 is 2.12 bits per heavy atom. The summed E-state index contributed by atoms with van der Waals surface area (Å²) in [5, 5.41) is 5.88. The first-order valence-corrected chi connectivity index (χ1v) is 6.35. The van der Waals surface area contributed by atoms with Crippen molar-refractivity contribution in [1.29, 1.82) is 0 Å². The normalized spacial score (nSPS) is 14.4. The van der Waals surface area contributed by atoms with E-state index in [-0.39, 0.29) is 11.9 Å². The van der Waals surface area contributed by atoms with Crippen molar-refractivity contribution in [2.45, 2.75) is 32.6 Å². The fourth-order valence-electron chi connectivity index (χ4n) is 1.44. The third-order valence-electron chi connectivity index (χ3n) is 2.61. The summed E-state index contributed by atoms with van der Waals surface area (Å²) in [4.78, 5) is 22.3. The van der Waals surface area contributed by atoms with Crippen LogP contribution in [0.5, 0.6) is 0 Å². The van der Waals surface area contributed by atoms with E-state index in [9.17, 15) is 9.59 Å². The van der Waals surface area contributed by atoms with Crippen LogP contribution in [-0.2, 0) is 14.3 Å². The first-order valence-electron chi connectivity index (χ1n) is 6.35. The molecule has 0 radical (unpaired) electrons. The van der Waals surface area contributed by atoms with Gasteiger partial charge in [-0.1, -0.05) is 0 Å². The molecule has 2 N–H and O–H groups in total. The van der Waals surface area contributed by atoms with Gasteiger partial charge in [0.25, 0.3) is 0 Å². The van der Waals surface area contributed by atoms with Crippen molar-refractivity contribution < 1.29 is 14.3 Å². The van der Waals surface area contributed by atoms with Crippen molar-refractivity contribution >= 4 is 11.9 Å². The molecule has 0 spiro atoms. The Hall–Kier alpha value is -1.10. The Balaban J connectivity index is 1.85. The summed E-state index contributed by atoms with van der Waals surface area (Å²) in [7, 11) is 0. The van der Waals surface area contributed by atoms with Crippen molar-refractivity contribution in [3.05, 3.63) is 0 Å². The standard InChI is InChI=1S/C12H22N2O3/c1-2-17-12(16)4-3-7-13-9-11(15)14-8-10-5-6-10/h10,13H,2-9H2,1H3,(H,14,15). The highest BCUT2D eigenvalue weighted by Gasteiger charge is 2.21. The molecule has 0 atom stereocenters. The minimum atomic E-state index is -0.174. The third-order valence-corrected chi connectivity index (χ3v) is 2.61. The summed E-state index contributed by atoms with van der Waals surface area (Å²) in [5.41, 5.74) is 0. The van der Waals surface area contributed by atoms with E-state index >= 15 is 0 Å². The van der Waals surface area contributed by atoms with Crippen LogP contribution in [0, 0.1) is 5.92 Å². The van der Waals surface area contributed by atoms with Crippen molar-refractivity contribution in [2.75, 3.05) is 26.2 Å². The number of nitrogens with one attached hydrogen (secondary N) is 2. The van der Waals surface area contributed by atoms with E-state index in [1.54, 1.807) is 6.92 Å². The average Bonchev–Trinajstić information content (AvgIpc) is 3.10. The minimum Gasteiger partial charge on any atom is -0.466 e. The highest BCUT2D eigenvalue weighted by atomic mass is 16.5. The highest BCUT2D eigenvalue weighted by molar-refractivity contribution is 5.78. The van der Waals surface area contributed by atoms with E-state index in [2.05, 4.69) is 10.6 Å². The van der Waals surface area contributed by atoms with Crippen LogP contribution in [0.3, 0.4) is 0 Å². The summed E-state index contributed by atoms with van der Waals surface area (Å²) in [5.74, 6) is 0.572. The number of hydrogen-bond acceptors (Lipinski definition) is 4. The zero-order valence-corrected chi connectivity index (χ0v) is 10.5. The molecule has 0 saturated heterocycles. The minimum absolute atomic E-state index is 0.0352. The fraction of sp³-hybridized carbons (Fsp3) is 0.833. The molecule has 1 aliphatic carbocycles. The number of amides is 1. The lowest BCUT2D eigenvalue weighted by atomic mass is 10.3. The van der Waals surface area contributed by atoms with Gasteiger partial charge in [-0.05, 0) is 38.6 Å². The van der Waals surface area contributed by atoms with E-state index in [1.165, 1.54) is 12.8 Å². The summed E-state index contributed by atoms with van der Waals surface area (Å²) in [6, 6.07) is 0. The quantitative estimate of drug-likeness (QED) is 0.455. The maximum Gasteiger partial charge on any atom is 0.305 e. The number of carbonyl (C=O) groups excluding carboxylic acids is 2. The Morgan fingerprint density at radius 1 is 1.35 bits per heavy atom. The van der Waals surface area contributed by atoms with Crippen LogP contribution in [-0.4, -0.2) is 38.1 Å². The molecule has 98 valence electrons. The molecule has 17 heavy (non-hydrogen) atoms. The first-order chi connectivity index (χ1) is 8.22. The molecule has 0 aromatic rings. The Kier molecular flexibility index (Phi) is 6.62. The van der Waals surface area contributed by atoms with Gasteiger partial charge in [-0.15, -0.1) is 0 Å². The van der Waals surface area contributed by atoms with Crippen molar-refractivity contribution in [1.82, 2.24) is 10.6 Å². The number of carbonyl (C=O) groups is 2. The molecule has 0 bridgehead atoms. The van der Waals surface area contributed by atoms with Crippen LogP contribution >= 0.6 is 0 Å². The van der Waals surface area contributed by atoms with Gasteiger partial charge in [0.05, 0.1) is 13.2 Å². The van der Waals surface area contributed by atoms with Gasteiger partial charge in [-0.2, -0.15) is 0 Å². The molecule has 1 amide bonds. The average molecular weight is 242 g/mol. The van der Waals surface area contributed by atoms with E-state index in [1.807, 2.05) is 0 Å². The molecular weight excluding hydrogens is 220 g/mol. The predicted molar refractivity (Wildman–Crippen MR) is 64.5 cm³/mol. The van der Waals surface area contributed by atoms with Gasteiger partial charge >= 0.3 is 5.97 Å². The maximum atomic E-state index is 11.3. The SMILES string of the molecule is CCOC(=O)CCCNCC(=O)NCC1CC1. The number of esters is 1. The zero-order chi connectivity index (χ0) is 12.5. The molecule has 5 heteroatoms. The highest BCUT2D eigenvalue weighted by Crippen LogP contribution is 2.27. The Morgan fingerprint density at radius 3 is 2.76 bits per heavy atom. The third kappa shape index (κ3) is 7.74. The molecular formula is C12H22N2O3. The van der Waals surface area contributed by atoms with Gasteiger partial charge in [0.15, 0.2) is 0 Å². The van der Waals surface area contributed by atoms with Gasteiger partial charge in [-0.3, -0.25) is 9.59 Å². The van der Waals surface area contributed by atoms with Gasteiger partial charge in [0.1, 0.15) is 0 Å².